The van der Waals surface area contributed by atoms with Crippen LogP contribution in [0.5, 0.6) is 0 Å². The molecule has 3 N–H and O–H groups in total. The second-order valence-electron chi connectivity index (χ2n) is 23.4. The van der Waals surface area contributed by atoms with E-state index in [1.807, 2.05) is 27.2 Å². The molecule has 1 amide bonds. The third-order valence-corrected chi connectivity index (χ3v) is 15.6. The van der Waals surface area contributed by atoms with Crippen LogP contribution in [-0.4, -0.2) is 73.4 Å². The summed E-state index contributed by atoms with van der Waals surface area (Å²) in [5.41, 5.74) is 0. The normalized spacial score (nSPS) is 14.3. The summed E-state index contributed by atoms with van der Waals surface area (Å²) in [6, 6.07) is -0.877. The molecule has 0 saturated heterocycles. The van der Waals surface area contributed by atoms with Crippen molar-refractivity contribution >= 4 is 13.7 Å². The van der Waals surface area contributed by atoms with Gasteiger partial charge in [-0.1, -0.05) is 292 Å². The number of aliphatic hydroxyl groups excluding tert-OH is 1. The molecule has 0 bridgehead atoms. The summed E-state index contributed by atoms with van der Waals surface area (Å²) in [7, 11) is 1.54. The number of amides is 1. The molecule has 0 spiro atoms. The van der Waals surface area contributed by atoms with Crippen molar-refractivity contribution in [1.82, 2.24) is 5.32 Å². The Bertz CT molecular complexity index is 1550. The van der Waals surface area contributed by atoms with E-state index in [9.17, 15) is 19.4 Å². The Morgan fingerprint density at radius 3 is 1.18 bits per heavy atom. The molecule has 0 aliphatic heterocycles. The highest BCUT2D eigenvalue weighted by molar-refractivity contribution is 7.47. The highest BCUT2D eigenvalue weighted by Gasteiger charge is 2.27. The van der Waals surface area contributed by atoms with Crippen molar-refractivity contribution in [1.29, 1.82) is 0 Å². The third kappa shape index (κ3) is 61.3. The number of allylic oxidation sites excluding steroid dienone is 13. The zero-order valence-electron chi connectivity index (χ0n) is 51.9. The molecule has 78 heavy (non-hydrogen) atoms. The van der Waals surface area contributed by atoms with Crippen molar-refractivity contribution in [2.45, 2.75) is 309 Å². The van der Waals surface area contributed by atoms with Gasteiger partial charge in [0.1, 0.15) is 13.2 Å². The molecule has 0 aromatic heterocycles. The molecule has 3 atom stereocenters. The molecule has 3 unspecified atom stereocenters. The standard InChI is InChI=1S/C69H127N2O6P/c1-6-8-10-12-14-16-18-20-22-24-26-28-30-32-33-34-35-36-37-39-40-42-44-46-48-50-52-54-56-58-60-62-68(72)67(66-77-78(74,75)76-65-64-71(3,4)5)70-69(73)63-61-59-57-55-53-51-49-47-45-43-41-38-31-29-27-25-23-21-19-17-15-13-11-9-7-2/h9,11,15,17,21,23,27,29,44,46,52,54,60,62,67-68,72H,6-8,10,12-14,16,18-20,22,24-26,28,30-43,45,47-51,53,55-59,61,63-66H2,1-5H3,(H-,70,73,74,75)/p+1/b11-9-,17-15-,23-21-,29-27-,46-44+,54-52+,62-60+. The molecule has 454 valence electrons. The summed E-state index contributed by atoms with van der Waals surface area (Å²) in [6.45, 7) is 4.70. The number of phosphoric ester groups is 1. The van der Waals surface area contributed by atoms with Crippen LogP contribution in [0, 0.1) is 0 Å². The van der Waals surface area contributed by atoms with Crippen molar-refractivity contribution in [3.63, 3.8) is 0 Å². The number of hydrogen-bond donors (Lipinski definition) is 3. The van der Waals surface area contributed by atoms with E-state index in [2.05, 4.69) is 92.1 Å². The van der Waals surface area contributed by atoms with Crippen LogP contribution in [0.4, 0.5) is 0 Å². The minimum Gasteiger partial charge on any atom is -0.387 e. The number of nitrogens with one attached hydrogen (secondary N) is 1. The van der Waals surface area contributed by atoms with Crippen molar-refractivity contribution < 1.29 is 32.9 Å². The van der Waals surface area contributed by atoms with Crippen LogP contribution in [0.15, 0.2) is 85.1 Å². The summed E-state index contributed by atoms with van der Waals surface area (Å²) >= 11 is 0. The van der Waals surface area contributed by atoms with Crippen LogP contribution < -0.4 is 5.32 Å². The van der Waals surface area contributed by atoms with Crippen LogP contribution in [0.2, 0.25) is 0 Å². The molecule has 0 fully saturated rings. The van der Waals surface area contributed by atoms with E-state index in [1.165, 1.54) is 205 Å². The van der Waals surface area contributed by atoms with Gasteiger partial charge < -0.3 is 19.8 Å². The number of hydrogen-bond acceptors (Lipinski definition) is 5. The molecule has 0 saturated carbocycles. The fraction of sp³-hybridized carbons (Fsp3) is 0.783. The third-order valence-electron chi connectivity index (χ3n) is 14.6. The number of rotatable bonds is 60. The van der Waals surface area contributed by atoms with E-state index in [0.29, 0.717) is 17.4 Å². The van der Waals surface area contributed by atoms with Crippen molar-refractivity contribution in [3.05, 3.63) is 85.1 Å². The van der Waals surface area contributed by atoms with Gasteiger partial charge in [-0.3, -0.25) is 13.8 Å². The fourth-order valence-corrected chi connectivity index (χ4v) is 10.2. The van der Waals surface area contributed by atoms with Gasteiger partial charge in [-0.25, -0.2) is 4.57 Å². The summed E-state index contributed by atoms with van der Waals surface area (Å²) < 4.78 is 23.8. The van der Waals surface area contributed by atoms with Crippen LogP contribution in [0.1, 0.15) is 296 Å². The van der Waals surface area contributed by atoms with E-state index in [-0.39, 0.29) is 19.1 Å². The lowest BCUT2D eigenvalue weighted by atomic mass is 10.0. The maximum atomic E-state index is 13.0. The summed E-state index contributed by atoms with van der Waals surface area (Å²) in [5, 5.41) is 14.0. The van der Waals surface area contributed by atoms with Gasteiger partial charge in [0.05, 0.1) is 39.9 Å². The number of carbonyl (C=O) groups is 1. The molecular formula is C69H128N2O6P+. The molecule has 0 aliphatic carbocycles. The Kier molecular flexibility index (Phi) is 57.5. The topological polar surface area (TPSA) is 105 Å². The highest BCUT2D eigenvalue weighted by Crippen LogP contribution is 2.43. The molecule has 0 radical (unpaired) electrons. The number of nitrogens with zero attached hydrogens (tertiary/aromatic N) is 1. The number of aliphatic hydroxyl groups is 1. The molecule has 0 aliphatic rings. The zero-order valence-corrected chi connectivity index (χ0v) is 52.8. The number of quaternary nitrogens is 1. The molecule has 0 rings (SSSR count). The first-order valence-corrected chi connectivity index (χ1v) is 34.5. The lowest BCUT2D eigenvalue weighted by molar-refractivity contribution is -0.870. The smallest absolute Gasteiger partial charge is 0.387 e. The first-order valence-electron chi connectivity index (χ1n) is 33.0. The van der Waals surface area contributed by atoms with Gasteiger partial charge in [0.25, 0.3) is 0 Å². The Morgan fingerprint density at radius 2 is 0.782 bits per heavy atom. The predicted molar refractivity (Wildman–Crippen MR) is 341 cm³/mol. The molecule has 8 nitrogen and oxygen atoms in total. The molecule has 9 heteroatoms. The summed E-state index contributed by atoms with van der Waals surface area (Å²) in [6.07, 6.45) is 84.4. The lowest BCUT2D eigenvalue weighted by Crippen LogP contribution is -2.45. The lowest BCUT2D eigenvalue weighted by Gasteiger charge is -2.25. The Morgan fingerprint density at radius 1 is 0.449 bits per heavy atom. The molecule has 0 aromatic rings. The zero-order chi connectivity index (χ0) is 57.0. The SMILES string of the molecule is CC/C=C\C/C=C\C/C=C\C/C=C\CCCCCCCCCCCCCCC(=O)NC(COP(=O)(O)OCC[N+](C)(C)C)C(O)/C=C/CC/C=C/CC/C=C/CCCCCCCCCCCCCCCCCCCCCCC. The molecule has 0 aromatic carbocycles. The van der Waals surface area contributed by atoms with E-state index < -0.39 is 20.0 Å². The Labute approximate surface area is 484 Å². The van der Waals surface area contributed by atoms with Gasteiger partial charge in [-0.05, 0) is 83.5 Å². The second-order valence-corrected chi connectivity index (χ2v) is 24.9. The quantitative estimate of drug-likeness (QED) is 0.0243. The van der Waals surface area contributed by atoms with Crippen LogP contribution in [0.25, 0.3) is 0 Å². The van der Waals surface area contributed by atoms with Crippen LogP contribution >= 0.6 is 7.82 Å². The van der Waals surface area contributed by atoms with Crippen LogP contribution in [0.3, 0.4) is 0 Å². The maximum absolute atomic E-state index is 13.0. The number of carbonyl (C=O) groups excluding carboxylic acids is 1. The minimum atomic E-state index is -4.37. The number of likely N-dealkylation sites (N-methyl/N-ethyl adjacent to an activating group) is 1. The van der Waals surface area contributed by atoms with Gasteiger partial charge in [-0.15, -0.1) is 0 Å². The van der Waals surface area contributed by atoms with Gasteiger partial charge in [0.15, 0.2) is 0 Å². The first-order chi connectivity index (χ1) is 38.0. The fourth-order valence-electron chi connectivity index (χ4n) is 9.48. The van der Waals surface area contributed by atoms with Gasteiger partial charge in [-0.2, -0.15) is 0 Å². The average Bonchev–Trinajstić information content (AvgIpc) is 3.41. The largest absolute Gasteiger partial charge is 0.472 e. The van der Waals surface area contributed by atoms with Gasteiger partial charge >= 0.3 is 7.82 Å². The predicted octanol–water partition coefficient (Wildman–Crippen LogP) is 20.8. The number of unbranched alkanes of at least 4 members (excludes halogenated alkanes) is 35. The van der Waals surface area contributed by atoms with Crippen molar-refractivity contribution in [2.75, 3.05) is 40.9 Å². The second kappa shape index (κ2) is 59.3. The monoisotopic (exact) mass is 1110 g/mol. The minimum absolute atomic E-state index is 0.0501. The first kappa shape index (κ1) is 75.7. The summed E-state index contributed by atoms with van der Waals surface area (Å²) in [5.74, 6) is -0.193. The van der Waals surface area contributed by atoms with E-state index in [0.717, 1.165) is 70.6 Å². The Hall–Kier alpha value is -2.32. The Balaban J connectivity index is 4.18. The highest BCUT2D eigenvalue weighted by atomic mass is 31.2. The van der Waals surface area contributed by atoms with Gasteiger partial charge in [0.2, 0.25) is 5.91 Å². The molecule has 0 heterocycles. The van der Waals surface area contributed by atoms with E-state index >= 15 is 0 Å². The molecular weight excluding hydrogens is 984 g/mol. The average molecular weight is 1110 g/mol. The van der Waals surface area contributed by atoms with Gasteiger partial charge in [0, 0.05) is 6.42 Å². The van der Waals surface area contributed by atoms with Crippen molar-refractivity contribution in [3.8, 4) is 0 Å². The van der Waals surface area contributed by atoms with Crippen molar-refractivity contribution in [2.24, 2.45) is 0 Å². The van der Waals surface area contributed by atoms with Crippen LogP contribution in [-0.2, 0) is 18.4 Å². The maximum Gasteiger partial charge on any atom is 0.472 e. The van der Waals surface area contributed by atoms with E-state index in [1.54, 1.807) is 6.08 Å². The summed E-state index contributed by atoms with van der Waals surface area (Å²) in [4.78, 5) is 23.4. The number of phosphoric acid groups is 1. The van der Waals surface area contributed by atoms with E-state index in [4.69, 9.17) is 9.05 Å².